The molecular weight excluding hydrogens is 466 g/mol. The van der Waals surface area contributed by atoms with E-state index in [1.54, 1.807) is 6.07 Å². The van der Waals surface area contributed by atoms with Crippen LogP contribution in [0, 0.1) is 20.8 Å². The minimum absolute atomic E-state index is 0.192. The second-order valence-corrected chi connectivity index (χ2v) is 9.65. The Hall–Kier alpha value is -4.46. The van der Waals surface area contributed by atoms with E-state index in [-0.39, 0.29) is 24.0 Å². The molecule has 2 heterocycles. The van der Waals surface area contributed by atoms with Gasteiger partial charge in [-0.3, -0.25) is 4.79 Å². The first kappa shape index (κ1) is 24.2. The number of fused-ring (bicyclic) bond motifs is 3. The molecule has 0 unspecified atom stereocenters. The number of amides is 1. The lowest BCUT2D eigenvalue weighted by Crippen LogP contribution is -2.28. The molecule has 5 aromatic rings. The quantitative estimate of drug-likeness (QED) is 0.335. The molecule has 8 nitrogen and oxygen atoms in total. The summed E-state index contributed by atoms with van der Waals surface area (Å²) in [6.07, 6.45) is 0. The van der Waals surface area contributed by atoms with E-state index >= 15 is 0 Å². The monoisotopic (exact) mass is 495 g/mol. The normalized spacial score (nSPS) is 11.4. The van der Waals surface area contributed by atoms with Gasteiger partial charge in [0.25, 0.3) is 5.88 Å². The van der Waals surface area contributed by atoms with E-state index in [9.17, 15) is 9.59 Å². The van der Waals surface area contributed by atoms with Crippen molar-refractivity contribution in [3.05, 3.63) is 93.4 Å². The Labute approximate surface area is 214 Å². The van der Waals surface area contributed by atoms with E-state index in [0.29, 0.717) is 22.7 Å². The molecule has 0 spiro atoms. The predicted octanol–water partition coefficient (Wildman–Crippen LogP) is 5.52. The number of benzene rings is 3. The average Bonchev–Trinajstić information content (AvgIpc) is 3.18. The van der Waals surface area contributed by atoms with Crippen molar-refractivity contribution < 1.29 is 9.53 Å². The molecular formula is C29H29N5O3. The number of para-hydroxylation sites is 2. The van der Waals surface area contributed by atoms with Crippen molar-refractivity contribution in [2.75, 3.05) is 5.32 Å². The van der Waals surface area contributed by atoms with Crippen molar-refractivity contribution in [1.29, 1.82) is 0 Å². The van der Waals surface area contributed by atoms with E-state index in [1.165, 1.54) is 9.96 Å². The van der Waals surface area contributed by atoms with Crippen molar-refractivity contribution in [2.45, 2.75) is 47.1 Å². The maximum atomic E-state index is 13.4. The molecule has 0 atom stereocenters. The third-order valence-electron chi connectivity index (χ3n) is 6.37. The van der Waals surface area contributed by atoms with Gasteiger partial charge in [0.1, 0.15) is 12.3 Å². The van der Waals surface area contributed by atoms with Crippen molar-refractivity contribution in [1.82, 2.24) is 19.2 Å². The highest BCUT2D eigenvalue weighted by molar-refractivity contribution is 5.92. The Bertz CT molecular complexity index is 1670. The van der Waals surface area contributed by atoms with Gasteiger partial charge in [0.2, 0.25) is 11.6 Å². The summed E-state index contributed by atoms with van der Waals surface area (Å²) in [6.45, 7) is 9.91. The van der Waals surface area contributed by atoms with Crippen LogP contribution in [0.1, 0.15) is 42.0 Å². The number of nitrogens with one attached hydrogen (secondary N) is 1. The third-order valence-corrected chi connectivity index (χ3v) is 6.37. The molecule has 0 saturated heterocycles. The van der Waals surface area contributed by atoms with Gasteiger partial charge in [-0.15, -0.1) is 5.10 Å². The lowest BCUT2D eigenvalue weighted by Gasteiger charge is -2.12. The SMILES string of the molecule is Cc1cc(C)c(NC(=O)Cn2nc3c(Oc4ccc(C(C)C)cc4)nc4ccccc4n3c2=O)c(C)c1. The van der Waals surface area contributed by atoms with E-state index in [2.05, 4.69) is 29.2 Å². The molecule has 0 fully saturated rings. The summed E-state index contributed by atoms with van der Waals surface area (Å²) in [5.41, 5.74) is 5.94. The lowest BCUT2D eigenvalue weighted by molar-refractivity contribution is -0.117. The van der Waals surface area contributed by atoms with Crippen LogP contribution in [-0.2, 0) is 11.3 Å². The highest BCUT2D eigenvalue weighted by Gasteiger charge is 2.20. The molecule has 1 N–H and O–H groups in total. The molecule has 1 amide bonds. The molecule has 0 aliphatic rings. The molecule has 2 aromatic heterocycles. The molecule has 37 heavy (non-hydrogen) atoms. The first-order valence-corrected chi connectivity index (χ1v) is 12.2. The second kappa shape index (κ2) is 9.54. The number of hydrogen-bond donors (Lipinski definition) is 1. The highest BCUT2D eigenvalue weighted by Crippen LogP contribution is 2.27. The third kappa shape index (κ3) is 4.70. The molecule has 0 radical (unpaired) electrons. The number of hydrogen-bond acceptors (Lipinski definition) is 5. The molecule has 5 rings (SSSR count). The molecule has 0 bridgehead atoms. The van der Waals surface area contributed by atoms with Gasteiger partial charge in [-0.05, 0) is 67.6 Å². The summed E-state index contributed by atoms with van der Waals surface area (Å²) in [7, 11) is 0. The van der Waals surface area contributed by atoms with Gasteiger partial charge in [-0.1, -0.05) is 55.8 Å². The Morgan fingerprint density at radius 3 is 2.35 bits per heavy atom. The summed E-state index contributed by atoms with van der Waals surface area (Å²) in [6, 6.07) is 19.0. The zero-order valence-corrected chi connectivity index (χ0v) is 21.6. The summed E-state index contributed by atoms with van der Waals surface area (Å²) >= 11 is 0. The Morgan fingerprint density at radius 2 is 1.68 bits per heavy atom. The molecule has 8 heteroatoms. The van der Waals surface area contributed by atoms with Crippen molar-refractivity contribution >= 4 is 28.3 Å². The van der Waals surface area contributed by atoms with E-state index < -0.39 is 5.69 Å². The molecule has 0 saturated carbocycles. The van der Waals surface area contributed by atoms with Gasteiger partial charge in [-0.2, -0.15) is 0 Å². The van der Waals surface area contributed by atoms with Crippen LogP contribution < -0.4 is 15.7 Å². The molecule has 0 aliphatic heterocycles. The van der Waals surface area contributed by atoms with Gasteiger partial charge in [0.05, 0.1) is 11.0 Å². The summed E-state index contributed by atoms with van der Waals surface area (Å²) in [5, 5.41) is 7.40. The van der Waals surface area contributed by atoms with Gasteiger partial charge in [0.15, 0.2) is 0 Å². The lowest BCUT2D eigenvalue weighted by atomic mass is 10.0. The van der Waals surface area contributed by atoms with Crippen LogP contribution in [0.3, 0.4) is 0 Å². The van der Waals surface area contributed by atoms with Crippen LogP contribution in [0.15, 0.2) is 65.5 Å². The molecule has 188 valence electrons. The summed E-state index contributed by atoms with van der Waals surface area (Å²) in [4.78, 5) is 31.0. The minimum atomic E-state index is -0.443. The van der Waals surface area contributed by atoms with Gasteiger partial charge in [-0.25, -0.2) is 18.9 Å². The zero-order chi connectivity index (χ0) is 26.3. The molecule has 0 aliphatic carbocycles. The first-order chi connectivity index (χ1) is 17.7. The fourth-order valence-corrected chi connectivity index (χ4v) is 4.57. The van der Waals surface area contributed by atoms with Crippen LogP contribution in [-0.4, -0.2) is 25.1 Å². The topological polar surface area (TPSA) is 90.5 Å². The fourth-order valence-electron chi connectivity index (χ4n) is 4.57. The van der Waals surface area contributed by atoms with Crippen molar-refractivity contribution in [3.63, 3.8) is 0 Å². The first-order valence-electron chi connectivity index (χ1n) is 12.2. The standard InChI is InChI=1S/C29H29N5O3/c1-17(2)21-10-12-22(13-11-21)37-28-27-32-33(29(36)34(27)24-9-7-6-8-23(24)30-28)16-25(35)31-26-19(4)14-18(3)15-20(26)5/h6-15,17H,16H2,1-5H3,(H,31,35). The number of carbonyl (C=O) groups excluding carboxylic acids is 1. The number of anilines is 1. The number of aromatic nitrogens is 4. The van der Waals surface area contributed by atoms with Crippen LogP contribution in [0.4, 0.5) is 5.69 Å². The number of carbonyl (C=O) groups is 1. The highest BCUT2D eigenvalue weighted by atomic mass is 16.5. The van der Waals surface area contributed by atoms with Crippen LogP contribution >= 0.6 is 0 Å². The van der Waals surface area contributed by atoms with Crippen LogP contribution in [0.5, 0.6) is 11.6 Å². The Morgan fingerprint density at radius 1 is 1.00 bits per heavy atom. The van der Waals surface area contributed by atoms with E-state index in [0.717, 1.165) is 27.1 Å². The fraction of sp³-hybridized carbons (Fsp3) is 0.241. The zero-order valence-electron chi connectivity index (χ0n) is 21.6. The van der Waals surface area contributed by atoms with Gasteiger partial charge < -0.3 is 10.1 Å². The van der Waals surface area contributed by atoms with Crippen molar-refractivity contribution in [3.8, 4) is 11.6 Å². The Kier molecular flexibility index (Phi) is 6.25. The summed E-state index contributed by atoms with van der Waals surface area (Å²) in [5.74, 6) is 0.827. The van der Waals surface area contributed by atoms with E-state index in [4.69, 9.17) is 4.74 Å². The molecule has 3 aromatic carbocycles. The minimum Gasteiger partial charge on any atom is -0.436 e. The number of rotatable bonds is 6. The number of aryl methyl sites for hydroxylation is 3. The Balaban J connectivity index is 1.53. The van der Waals surface area contributed by atoms with Gasteiger partial charge in [0, 0.05) is 5.69 Å². The smallest absolute Gasteiger partial charge is 0.351 e. The van der Waals surface area contributed by atoms with Crippen LogP contribution in [0.25, 0.3) is 16.7 Å². The van der Waals surface area contributed by atoms with Crippen LogP contribution in [0.2, 0.25) is 0 Å². The van der Waals surface area contributed by atoms with Crippen molar-refractivity contribution in [2.24, 2.45) is 0 Å². The maximum absolute atomic E-state index is 13.4. The van der Waals surface area contributed by atoms with Gasteiger partial charge >= 0.3 is 5.69 Å². The van der Waals surface area contributed by atoms with E-state index in [1.807, 2.05) is 75.4 Å². The predicted molar refractivity (Wildman–Crippen MR) is 145 cm³/mol. The average molecular weight is 496 g/mol. The number of nitrogens with zero attached hydrogens (tertiary/aromatic N) is 4. The maximum Gasteiger partial charge on any atom is 0.351 e. The number of ether oxygens (including phenoxy) is 1. The summed E-state index contributed by atoms with van der Waals surface area (Å²) < 4.78 is 8.68. The largest absolute Gasteiger partial charge is 0.436 e. The second-order valence-electron chi connectivity index (χ2n) is 9.65.